The van der Waals surface area contributed by atoms with Crippen LogP contribution in [0.5, 0.6) is 0 Å². The number of tetrazole rings is 1. The summed E-state index contributed by atoms with van der Waals surface area (Å²) in [6, 6.07) is 8.00. The molecular formula is C9H7N5. The number of H-pyrrole nitrogens is 2. The Hall–Kier alpha value is -2.17. The first-order chi connectivity index (χ1) is 6.93. The van der Waals surface area contributed by atoms with Crippen LogP contribution < -0.4 is 0 Å². The van der Waals surface area contributed by atoms with Crippen molar-refractivity contribution in [3.8, 4) is 11.4 Å². The molecule has 0 fully saturated rings. The average Bonchev–Trinajstić information content (AvgIpc) is 2.88. The zero-order valence-electron chi connectivity index (χ0n) is 7.23. The van der Waals surface area contributed by atoms with Gasteiger partial charge >= 0.3 is 0 Å². The van der Waals surface area contributed by atoms with Gasteiger partial charge in [-0.25, -0.2) is 0 Å². The predicted molar refractivity (Wildman–Crippen MR) is 51.5 cm³/mol. The molecule has 0 amide bonds. The van der Waals surface area contributed by atoms with Crippen LogP contribution in [0.3, 0.4) is 0 Å². The van der Waals surface area contributed by atoms with E-state index in [2.05, 4.69) is 25.6 Å². The molecule has 5 nitrogen and oxygen atoms in total. The summed E-state index contributed by atoms with van der Waals surface area (Å²) < 4.78 is 0. The van der Waals surface area contributed by atoms with Crippen LogP contribution in [0.4, 0.5) is 0 Å². The second-order valence-corrected chi connectivity index (χ2v) is 3.02. The molecule has 2 aromatic heterocycles. The van der Waals surface area contributed by atoms with Crippen LogP contribution in [0, 0.1) is 0 Å². The van der Waals surface area contributed by atoms with E-state index in [-0.39, 0.29) is 0 Å². The molecule has 3 aromatic rings. The van der Waals surface area contributed by atoms with Crippen LogP contribution in [0.25, 0.3) is 22.3 Å². The maximum absolute atomic E-state index is 3.92. The Morgan fingerprint density at radius 3 is 3.00 bits per heavy atom. The fourth-order valence-electron chi connectivity index (χ4n) is 1.48. The number of aromatic nitrogens is 5. The first-order valence-electron chi connectivity index (χ1n) is 4.24. The number of benzene rings is 1. The third-order valence-corrected chi connectivity index (χ3v) is 2.16. The average molecular weight is 185 g/mol. The van der Waals surface area contributed by atoms with Crippen LogP contribution >= 0.6 is 0 Å². The lowest BCUT2D eigenvalue weighted by Gasteiger charge is -1.94. The van der Waals surface area contributed by atoms with Crippen LogP contribution in [-0.2, 0) is 0 Å². The van der Waals surface area contributed by atoms with Gasteiger partial charge in [0.1, 0.15) is 0 Å². The number of hydrogen-bond donors (Lipinski definition) is 2. The number of nitrogens with one attached hydrogen (secondary N) is 2. The van der Waals surface area contributed by atoms with Crippen molar-refractivity contribution in [2.45, 2.75) is 0 Å². The Morgan fingerprint density at radius 2 is 2.14 bits per heavy atom. The van der Waals surface area contributed by atoms with Crippen molar-refractivity contribution in [2.24, 2.45) is 0 Å². The number of aromatic amines is 2. The van der Waals surface area contributed by atoms with E-state index in [1.54, 1.807) is 0 Å². The highest BCUT2D eigenvalue weighted by Crippen LogP contribution is 2.19. The van der Waals surface area contributed by atoms with Crippen LogP contribution in [0.2, 0.25) is 0 Å². The first-order valence-corrected chi connectivity index (χ1v) is 4.24. The molecular weight excluding hydrogens is 178 g/mol. The molecule has 0 saturated heterocycles. The van der Waals surface area contributed by atoms with Crippen molar-refractivity contribution in [1.82, 2.24) is 25.6 Å². The smallest absolute Gasteiger partial charge is 0.204 e. The van der Waals surface area contributed by atoms with Gasteiger partial charge in [0.2, 0.25) is 5.82 Å². The molecule has 2 N–H and O–H groups in total. The second kappa shape index (κ2) is 2.66. The Bertz CT molecular complexity index is 551. The fraction of sp³-hybridized carbons (Fsp3) is 0. The lowest BCUT2D eigenvalue weighted by atomic mass is 10.1. The molecule has 0 unspecified atom stereocenters. The van der Waals surface area contributed by atoms with Crippen LogP contribution in [-0.4, -0.2) is 25.6 Å². The van der Waals surface area contributed by atoms with E-state index in [1.165, 1.54) is 0 Å². The first kappa shape index (κ1) is 7.25. The summed E-state index contributed by atoms with van der Waals surface area (Å²) in [7, 11) is 0. The van der Waals surface area contributed by atoms with Gasteiger partial charge in [0.15, 0.2) is 0 Å². The quantitative estimate of drug-likeness (QED) is 0.601. The largest absolute Gasteiger partial charge is 0.361 e. The summed E-state index contributed by atoms with van der Waals surface area (Å²) in [6.07, 6.45) is 1.91. The van der Waals surface area contributed by atoms with Crippen molar-refractivity contribution in [1.29, 1.82) is 0 Å². The molecule has 0 saturated carbocycles. The molecule has 0 bridgehead atoms. The summed E-state index contributed by atoms with van der Waals surface area (Å²) in [4.78, 5) is 3.13. The van der Waals surface area contributed by atoms with Gasteiger partial charge in [-0.3, -0.25) is 0 Å². The van der Waals surface area contributed by atoms with Gasteiger partial charge in [0.05, 0.1) is 0 Å². The Balaban J connectivity index is 2.23. The van der Waals surface area contributed by atoms with E-state index < -0.39 is 0 Å². The lowest BCUT2D eigenvalue weighted by molar-refractivity contribution is 0.881. The SMILES string of the molecule is c1cc2cc(-c3nn[nH]n3)ccc2[nH]1. The standard InChI is InChI=1S/C9H7N5/c1-2-8-6(3-4-10-8)5-7(1)9-11-13-14-12-9/h1-5,10H,(H,11,12,13,14). The van der Waals surface area contributed by atoms with Gasteiger partial charge in [-0.15, -0.1) is 10.2 Å². The monoisotopic (exact) mass is 185 g/mol. The lowest BCUT2D eigenvalue weighted by Crippen LogP contribution is -1.80. The third-order valence-electron chi connectivity index (χ3n) is 2.16. The zero-order valence-corrected chi connectivity index (χ0v) is 7.23. The molecule has 14 heavy (non-hydrogen) atoms. The Morgan fingerprint density at radius 1 is 1.14 bits per heavy atom. The Labute approximate surface area is 79.2 Å². The van der Waals surface area contributed by atoms with Crippen LogP contribution in [0.1, 0.15) is 0 Å². The molecule has 2 heterocycles. The van der Waals surface area contributed by atoms with Crippen molar-refractivity contribution in [3.63, 3.8) is 0 Å². The highest BCUT2D eigenvalue weighted by atomic mass is 15.5. The minimum atomic E-state index is 0.619. The van der Waals surface area contributed by atoms with Crippen LogP contribution in [0.15, 0.2) is 30.5 Å². The summed E-state index contributed by atoms with van der Waals surface area (Å²) in [5.74, 6) is 0.619. The second-order valence-electron chi connectivity index (χ2n) is 3.02. The highest BCUT2D eigenvalue weighted by molar-refractivity contribution is 5.83. The summed E-state index contributed by atoms with van der Waals surface area (Å²) >= 11 is 0. The van der Waals surface area contributed by atoms with Gasteiger partial charge in [-0.1, -0.05) is 0 Å². The van der Waals surface area contributed by atoms with E-state index in [4.69, 9.17) is 0 Å². The van der Waals surface area contributed by atoms with Crippen molar-refractivity contribution in [3.05, 3.63) is 30.5 Å². The van der Waals surface area contributed by atoms with Gasteiger partial charge < -0.3 is 4.98 Å². The minimum Gasteiger partial charge on any atom is -0.361 e. The number of rotatable bonds is 1. The molecule has 5 heteroatoms. The number of nitrogens with zero attached hydrogens (tertiary/aromatic N) is 3. The van der Waals surface area contributed by atoms with Gasteiger partial charge in [-0.05, 0) is 29.5 Å². The van der Waals surface area contributed by atoms with E-state index in [1.807, 2.05) is 30.5 Å². The number of hydrogen-bond acceptors (Lipinski definition) is 3. The molecule has 3 rings (SSSR count). The molecule has 0 atom stereocenters. The predicted octanol–water partition coefficient (Wildman–Crippen LogP) is 1.35. The minimum absolute atomic E-state index is 0.619. The summed E-state index contributed by atoms with van der Waals surface area (Å²) in [5, 5.41) is 14.9. The fourth-order valence-corrected chi connectivity index (χ4v) is 1.48. The molecule has 0 aliphatic heterocycles. The van der Waals surface area contributed by atoms with E-state index in [0.717, 1.165) is 16.5 Å². The maximum Gasteiger partial charge on any atom is 0.204 e. The van der Waals surface area contributed by atoms with Gasteiger partial charge in [0, 0.05) is 22.7 Å². The molecule has 0 radical (unpaired) electrons. The zero-order chi connectivity index (χ0) is 9.38. The normalized spacial score (nSPS) is 10.9. The van der Waals surface area contributed by atoms with E-state index in [9.17, 15) is 0 Å². The summed E-state index contributed by atoms with van der Waals surface area (Å²) in [6.45, 7) is 0. The van der Waals surface area contributed by atoms with Gasteiger partial charge in [-0.2, -0.15) is 5.21 Å². The van der Waals surface area contributed by atoms with Crippen molar-refractivity contribution < 1.29 is 0 Å². The topological polar surface area (TPSA) is 70.2 Å². The van der Waals surface area contributed by atoms with E-state index >= 15 is 0 Å². The third kappa shape index (κ3) is 0.990. The molecule has 0 aliphatic carbocycles. The van der Waals surface area contributed by atoms with Gasteiger partial charge in [0.25, 0.3) is 0 Å². The molecule has 68 valence electrons. The maximum atomic E-state index is 3.92. The molecule has 0 aliphatic rings. The van der Waals surface area contributed by atoms with Crippen molar-refractivity contribution in [2.75, 3.05) is 0 Å². The summed E-state index contributed by atoms with van der Waals surface area (Å²) in [5.41, 5.74) is 2.07. The van der Waals surface area contributed by atoms with Crippen molar-refractivity contribution >= 4 is 10.9 Å². The highest BCUT2D eigenvalue weighted by Gasteiger charge is 2.03. The van der Waals surface area contributed by atoms with E-state index in [0.29, 0.717) is 5.82 Å². The Kier molecular flexibility index (Phi) is 1.38. The number of fused-ring (bicyclic) bond motifs is 1. The molecule has 0 spiro atoms. The molecule has 1 aromatic carbocycles.